The van der Waals surface area contributed by atoms with Gasteiger partial charge in [0.2, 0.25) is 0 Å². The molecule has 1 fully saturated rings. The monoisotopic (exact) mass is 299 g/mol. The molecule has 2 atom stereocenters. The van der Waals surface area contributed by atoms with Gasteiger partial charge >= 0.3 is 0 Å². The lowest BCUT2D eigenvalue weighted by Crippen LogP contribution is -2.38. The van der Waals surface area contributed by atoms with Crippen LogP contribution in [0, 0.1) is 5.92 Å². The van der Waals surface area contributed by atoms with Crippen molar-refractivity contribution in [2.24, 2.45) is 5.92 Å². The Kier molecular flexibility index (Phi) is 3.57. The van der Waals surface area contributed by atoms with E-state index in [1.165, 1.54) is 18.4 Å². The summed E-state index contributed by atoms with van der Waals surface area (Å²) >= 11 is 1.90. The molecular weight excluding hydrogens is 278 g/mol. The lowest BCUT2D eigenvalue weighted by molar-refractivity contribution is 0.0742. The predicted molar refractivity (Wildman–Crippen MR) is 86.5 cm³/mol. The number of aliphatic hydroxyl groups is 1. The first-order chi connectivity index (χ1) is 10.3. The van der Waals surface area contributed by atoms with Crippen molar-refractivity contribution in [1.82, 2.24) is 4.90 Å². The largest absolute Gasteiger partial charge is 0.387 e. The van der Waals surface area contributed by atoms with E-state index in [0.29, 0.717) is 6.04 Å². The second-order valence-electron chi connectivity index (χ2n) is 6.25. The molecule has 21 heavy (non-hydrogen) atoms. The molecule has 0 bridgehead atoms. The van der Waals surface area contributed by atoms with Crippen LogP contribution in [-0.2, 0) is 6.42 Å². The highest BCUT2D eigenvalue weighted by Crippen LogP contribution is 2.48. The molecule has 4 rings (SSSR count). The van der Waals surface area contributed by atoms with Gasteiger partial charge in [0.1, 0.15) is 0 Å². The molecule has 1 aliphatic carbocycles. The average Bonchev–Trinajstić information content (AvgIpc) is 3.24. The zero-order valence-corrected chi connectivity index (χ0v) is 12.9. The smallest absolute Gasteiger partial charge is 0.0917 e. The number of thiophene rings is 1. The molecule has 0 radical (unpaired) electrons. The molecule has 2 aromatic rings. The van der Waals surface area contributed by atoms with Crippen LogP contribution in [-0.4, -0.2) is 23.1 Å². The van der Waals surface area contributed by atoms with Crippen LogP contribution in [0.5, 0.6) is 0 Å². The maximum atomic E-state index is 10.6. The first-order valence-electron chi connectivity index (χ1n) is 7.86. The molecule has 2 unspecified atom stereocenters. The Morgan fingerprint density at radius 3 is 2.76 bits per heavy atom. The van der Waals surface area contributed by atoms with Crippen LogP contribution in [0.2, 0.25) is 0 Å². The van der Waals surface area contributed by atoms with Gasteiger partial charge in [-0.25, -0.2) is 0 Å². The molecule has 1 N–H and O–H groups in total. The van der Waals surface area contributed by atoms with Crippen molar-refractivity contribution in [3.63, 3.8) is 0 Å². The van der Waals surface area contributed by atoms with E-state index in [1.54, 1.807) is 4.88 Å². The lowest BCUT2D eigenvalue weighted by Gasteiger charge is -2.37. The van der Waals surface area contributed by atoms with Crippen molar-refractivity contribution in [2.45, 2.75) is 31.4 Å². The van der Waals surface area contributed by atoms with Gasteiger partial charge in [-0.2, -0.15) is 0 Å². The van der Waals surface area contributed by atoms with Crippen molar-refractivity contribution in [2.75, 3.05) is 13.1 Å². The molecule has 110 valence electrons. The quantitative estimate of drug-likeness (QED) is 0.928. The van der Waals surface area contributed by atoms with Crippen LogP contribution >= 0.6 is 11.3 Å². The van der Waals surface area contributed by atoms with Gasteiger partial charge in [-0.05, 0) is 47.8 Å². The van der Waals surface area contributed by atoms with Gasteiger partial charge in [0.15, 0.2) is 0 Å². The summed E-state index contributed by atoms with van der Waals surface area (Å²) in [6.07, 6.45) is 3.45. The van der Waals surface area contributed by atoms with E-state index >= 15 is 0 Å². The van der Waals surface area contributed by atoms with Crippen LogP contribution in [0.25, 0.3) is 0 Å². The molecule has 1 aromatic carbocycles. The van der Waals surface area contributed by atoms with Crippen LogP contribution in [0.4, 0.5) is 0 Å². The Balaban J connectivity index is 1.55. The fourth-order valence-electron chi connectivity index (χ4n) is 3.57. The minimum absolute atomic E-state index is 0.382. The first kappa shape index (κ1) is 13.5. The van der Waals surface area contributed by atoms with Gasteiger partial charge in [0.25, 0.3) is 0 Å². The van der Waals surface area contributed by atoms with Gasteiger partial charge < -0.3 is 5.11 Å². The minimum atomic E-state index is -0.382. The molecule has 0 amide bonds. The summed E-state index contributed by atoms with van der Waals surface area (Å²) in [5, 5.41) is 12.8. The number of aliphatic hydroxyl groups excluding tert-OH is 1. The van der Waals surface area contributed by atoms with E-state index in [0.717, 1.165) is 31.0 Å². The average molecular weight is 299 g/mol. The molecule has 2 nitrogen and oxygen atoms in total. The number of fused-ring (bicyclic) bond motifs is 1. The summed E-state index contributed by atoms with van der Waals surface area (Å²) in [7, 11) is 0. The predicted octanol–water partition coefficient (Wildman–Crippen LogP) is 3.79. The maximum Gasteiger partial charge on any atom is 0.0917 e. The normalized spacial score (nSPS) is 23.8. The Morgan fingerprint density at radius 1 is 1.19 bits per heavy atom. The van der Waals surface area contributed by atoms with Gasteiger partial charge in [-0.1, -0.05) is 30.3 Å². The van der Waals surface area contributed by atoms with Crippen molar-refractivity contribution >= 4 is 11.3 Å². The highest BCUT2D eigenvalue weighted by molar-refractivity contribution is 7.10. The minimum Gasteiger partial charge on any atom is -0.387 e. The van der Waals surface area contributed by atoms with E-state index in [-0.39, 0.29) is 6.10 Å². The third kappa shape index (κ3) is 2.66. The van der Waals surface area contributed by atoms with E-state index < -0.39 is 0 Å². The van der Waals surface area contributed by atoms with E-state index in [2.05, 4.69) is 16.3 Å². The first-order valence-corrected chi connectivity index (χ1v) is 8.74. The maximum absolute atomic E-state index is 10.6. The summed E-state index contributed by atoms with van der Waals surface area (Å²) in [6.45, 7) is 1.83. The van der Waals surface area contributed by atoms with Crippen LogP contribution < -0.4 is 0 Å². The number of benzene rings is 1. The van der Waals surface area contributed by atoms with Crippen LogP contribution in [0.15, 0.2) is 41.8 Å². The third-order valence-electron chi connectivity index (χ3n) is 4.78. The number of rotatable bonds is 4. The molecule has 3 heteroatoms. The lowest BCUT2D eigenvalue weighted by atomic mass is 9.95. The SMILES string of the molecule is OC(CN1CCc2sccc2C1C1CC1)c1ccccc1. The molecule has 1 aliphatic heterocycles. The number of hydrogen-bond donors (Lipinski definition) is 1. The third-order valence-corrected chi connectivity index (χ3v) is 5.77. The highest BCUT2D eigenvalue weighted by Gasteiger charge is 2.40. The fraction of sp³-hybridized carbons (Fsp3) is 0.444. The van der Waals surface area contributed by atoms with Crippen molar-refractivity contribution < 1.29 is 5.11 Å². The number of nitrogens with zero attached hydrogens (tertiary/aromatic N) is 1. The molecule has 0 spiro atoms. The van der Waals surface area contributed by atoms with Crippen molar-refractivity contribution in [1.29, 1.82) is 0 Å². The molecule has 0 saturated heterocycles. The molecular formula is C18H21NOS. The highest BCUT2D eigenvalue weighted by atomic mass is 32.1. The van der Waals surface area contributed by atoms with Gasteiger partial charge in [-0.3, -0.25) is 4.90 Å². The molecule has 1 aromatic heterocycles. The second-order valence-corrected chi connectivity index (χ2v) is 7.25. The summed E-state index contributed by atoms with van der Waals surface area (Å²) in [4.78, 5) is 4.09. The van der Waals surface area contributed by atoms with E-state index in [9.17, 15) is 5.11 Å². The number of hydrogen-bond acceptors (Lipinski definition) is 3. The molecule has 2 heterocycles. The zero-order chi connectivity index (χ0) is 14.2. The Labute approximate surface area is 130 Å². The number of β-amino-alcohol motifs (C(OH)–C–C–N with tert-alkyl or cyclic N) is 1. The van der Waals surface area contributed by atoms with Gasteiger partial charge in [0, 0.05) is 24.0 Å². The Bertz CT molecular complexity index is 605. The van der Waals surface area contributed by atoms with Gasteiger partial charge in [0.05, 0.1) is 6.10 Å². The Hall–Kier alpha value is -1.16. The second kappa shape index (κ2) is 5.56. The summed E-state index contributed by atoms with van der Waals surface area (Å²) < 4.78 is 0. The summed E-state index contributed by atoms with van der Waals surface area (Å²) in [5.74, 6) is 0.807. The topological polar surface area (TPSA) is 23.5 Å². The van der Waals surface area contributed by atoms with E-state index in [4.69, 9.17) is 0 Å². The summed E-state index contributed by atoms with van der Waals surface area (Å²) in [5.41, 5.74) is 2.57. The van der Waals surface area contributed by atoms with Crippen molar-refractivity contribution in [3.05, 3.63) is 57.8 Å². The van der Waals surface area contributed by atoms with Crippen LogP contribution in [0.1, 0.15) is 41.0 Å². The zero-order valence-electron chi connectivity index (χ0n) is 12.1. The summed E-state index contributed by atoms with van der Waals surface area (Å²) in [6, 6.07) is 12.9. The standard InChI is InChI=1S/C18H21NOS/c20-16(13-4-2-1-3-5-13)12-19-10-8-17-15(9-11-21-17)18(19)14-6-7-14/h1-5,9,11,14,16,18,20H,6-8,10,12H2. The van der Waals surface area contributed by atoms with Gasteiger partial charge in [-0.15, -0.1) is 11.3 Å². The van der Waals surface area contributed by atoms with E-state index in [1.807, 2.05) is 41.7 Å². The van der Waals surface area contributed by atoms with Crippen molar-refractivity contribution in [3.8, 4) is 0 Å². The molecule has 2 aliphatic rings. The molecule has 1 saturated carbocycles. The fourth-order valence-corrected chi connectivity index (χ4v) is 4.48. The van der Waals surface area contributed by atoms with Crippen LogP contribution in [0.3, 0.4) is 0 Å². The Morgan fingerprint density at radius 2 is 2.00 bits per heavy atom.